The molecule has 5 rings (SSSR count). The molecule has 4 heterocycles. The largest absolute Gasteiger partial charge is 0.408 e. The molecule has 1 aromatic carbocycles. The fraction of sp³-hybridized carbons (Fsp3) is 0.667. The van der Waals surface area contributed by atoms with Crippen LogP contribution in [-0.4, -0.2) is 84.6 Å². The minimum Gasteiger partial charge on any atom is -0.380 e. The first-order valence-corrected chi connectivity index (χ1v) is 13.6. The van der Waals surface area contributed by atoms with Gasteiger partial charge in [-0.25, -0.2) is 10.4 Å². The number of rotatable bonds is 5. The van der Waals surface area contributed by atoms with Crippen LogP contribution in [-0.2, 0) is 9.53 Å². The molecule has 6 atom stereocenters. The first-order chi connectivity index (χ1) is 17.4. The maximum absolute atomic E-state index is 14.0. The van der Waals surface area contributed by atoms with Crippen molar-refractivity contribution >= 4 is 23.4 Å². The van der Waals surface area contributed by atoms with Gasteiger partial charge >= 0.3 is 6.18 Å². The van der Waals surface area contributed by atoms with Crippen molar-refractivity contribution in [1.82, 2.24) is 20.7 Å². The van der Waals surface area contributed by atoms with E-state index in [1.165, 1.54) is 17.0 Å². The highest BCUT2D eigenvalue weighted by Crippen LogP contribution is 2.39. The molecule has 0 aromatic heterocycles. The number of amides is 1. The average molecular weight is 525 g/mol. The van der Waals surface area contributed by atoms with E-state index >= 15 is 0 Å². The minimum atomic E-state index is -4.36. The summed E-state index contributed by atoms with van der Waals surface area (Å²) >= 11 is 1.67. The summed E-state index contributed by atoms with van der Waals surface area (Å²) < 4.78 is 47.6. The molecule has 196 valence electrons. The van der Waals surface area contributed by atoms with Crippen molar-refractivity contribution < 1.29 is 22.7 Å². The van der Waals surface area contributed by atoms with E-state index in [9.17, 15) is 23.2 Å². The maximum atomic E-state index is 14.0. The van der Waals surface area contributed by atoms with Gasteiger partial charge in [0, 0.05) is 49.5 Å². The van der Waals surface area contributed by atoms with Crippen molar-refractivity contribution in [2.45, 2.75) is 43.3 Å². The number of nitriles is 1. The number of carbonyl (C=O) groups excluding carboxylic acids is 1. The number of piperidine rings is 1. The lowest BCUT2D eigenvalue weighted by Gasteiger charge is -2.39. The molecular weight excluding hydrogens is 493 g/mol. The molecule has 4 aliphatic heterocycles. The number of nitrogens with one attached hydrogen (secondary N) is 3. The van der Waals surface area contributed by atoms with Gasteiger partial charge in [0.2, 0.25) is 5.91 Å². The SMILES string of the molecule is N#C[C@H]1CCOC[C@@H]1N1NC(Nc2ccc(C(N3CCSCC3)C(F)(F)F)cc2)C2C(=O)NCCC21. The first-order valence-electron chi connectivity index (χ1n) is 12.4. The zero-order valence-electron chi connectivity index (χ0n) is 19.8. The Labute approximate surface area is 212 Å². The molecule has 8 nitrogen and oxygen atoms in total. The number of fused-ring (bicyclic) bond motifs is 1. The van der Waals surface area contributed by atoms with Gasteiger partial charge in [-0.05, 0) is 30.5 Å². The number of anilines is 1. The van der Waals surface area contributed by atoms with Crippen LogP contribution in [0.3, 0.4) is 0 Å². The van der Waals surface area contributed by atoms with Gasteiger partial charge in [-0.2, -0.15) is 30.2 Å². The van der Waals surface area contributed by atoms with Crippen molar-refractivity contribution in [3.05, 3.63) is 29.8 Å². The van der Waals surface area contributed by atoms with Crippen LogP contribution in [0.4, 0.5) is 18.9 Å². The smallest absolute Gasteiger partial charge is 0.380 e. The number of nitrogens with zero attached hydrogens (tertiary/aromatic N) is 3. The Morgan fingerprint density at radius 1 is 1.17 bits per heavy atom. The van der Waals surface area contributed by atoms with E-state index in [4.69, 9.17) is 4.74 Å². The predicted octanol–water partition coefficient (Wildman–Crippen LogP) is 2.33. The first kappa shape index (κ1) is 25.6. The summed E-state index contributed by atoms with van der Waals surface area (Å²) in [5.74, 6) is 0.690. The molecule has 4 unspecified atom stereocenters. The summed E-state index contributed by atoms with van der Waals surface area (Å²) in [5, 5.41) is 17.9. The molecule has 4 saturated heterocycles. The highest BCUT2D eigenvalue weighted by molar-refractivity contribution is 7.99. The summed E-state index contributed by atoms with van der Waals surface area (Å²) in [6.07, 6.45) is -3.45. The van der Waals surface area contributed by atoms with Crippen LogP contribution in [0.5, 0.6) is 0 Å². The highest BCUT2D eigenvalue weighted by Gasteiger charge is 2.51. The van der Waals surface area contributed by atoms with Gasteiger partial charge in [0.15, 0.2) is 0 Å². The number of hydrogen-bond acceptors (Lipinski definition) is 8. The number of benzene rings is 1. The van der Waals surface area contributed by atoms with E-state index in [-0.39, 0.29) is 29.5 Å². The number of halogens is 3. The Morgan fingerprint density at radius 2 is 1.92 bits per heavy atom. The predicted molar refractivity (Wildman–Crippen MR) is 130 cm³/mol. The summed E-state index contributed by atoms with van der Waals surface area (Å²) in [6.45, 7) is 2.32. The van der Waals surface area contributed by atoms with Crippen LogP contribution in [0.15, 0.2) is 24.3 Å². The molecular formula is C24H31F3N6O2S. The standard InChI is InChI=1S/C24H31F3N6O2S/c25-24(26,27)21(32-8-11-36-12-9-32)15-1-3-17(4-2-15)30-22-20-18(5-7-29-23(20)34)33(31-22)19-14-35-10-6-16(19)13-28/h1-4,16,18-22,30-31H,5-12,14H2,(H,29,34)/t16-,18?,19+,20?,21?,22?/m1/s1. The summed E-state index contributed by atoms with van der Waals surface area (Å²) in [7, 11) is 0. The molecule has 1 amide bonds. The third-order valence-electron chi connectivity index (χ3n) is 7.58. The Balaban J connectivity index is 1.34. The molecule has 0 saturated carbocycles. The van der Waals surface area contributed by atoms with Crippen LogP contribution in [0.25, 0.3) is 0 Å². The second-order valence-corrected chi connectivity index (χ2v) is 10.9. The lowest BCUT2D eigenvalue weighted by molar-refractivity contribution is -0.185. The van der Waals surface area contributed by atoms with Crippen LogP contribution in [0.1, 0.15) is 24.4 Å². The van der Waals surface area contributed by atoms with Crippen molar-refractivity contribution in [3.8, 4) is 6.07 Å². The summed E-state index contributed by atoms with van der Waals surface area (Å²) in [4.78, 5) is 14.3. The monoisotopic (exact) mass is 524 g/mol. The van der Waals surface area contributed by atoms with Gasteiger partial charge in [-0.1, -0.05) is 12.1 Å². The molecule has 36 heavy (non-hydrogen) atoms. The molecule has 0 bridgehead atoms. The minimum absolute atomic E-state index is 0.0827. The molecule has 1 aromatic rings. The molecule has 12 heteroatoms. The van der Waals surface area contributed by atoms with E-state index in [0.717, 1.165) is 6.42 Å². The Hall–Kier alpha value is -2.04. The topological polar surface area (TPSA) is 92.7 Å². The lowest BCUT2D eigenvalue weighted by Crippen LogP contribution is -2.56. The second kappa shape index (κ2) is 10.8. The number of hydrogen-bond donors (Lipinski definition) is 3. The molecule has 0 radical (unpaired) electrons. The van der Waals surface area contributed by atoms with Crippen LogP contribution >= 0.6 is 11.8 Å². The van der Waals surface area contributed by atoms with Crippen molar-refractivity contribution in [2.75, 3.05) is 49.7 Å². The van der Waals surface area contributed by atoms with Gasteiger partial charge in [0.05, 0.1) is 30.6 Å². The number of ether oxygens (including phenoxy) is 1. The van der Waals surface area contributed by atoms with Crippen LogP contribution in [0.2, 0.25) is 0 Å². The molecule has 0 spiro atoms. The van der Waals surface area contributed by atoms with Gasteiger partial charge < -0.3 is 15.4 Å². The maximum Gasteiger partial charge on any atom is 0.408 e. The van der Waals surface area contributed by atoms with E-state index in [2.05, 4.69) is 22.1 Å². The van der Waals surface area contributed by atoms with Gasteiger partial charge in [0.1, 0.15) is 12.2 Å². The van der Waals surface area contributed by atoms with E-state index in [1.807, 2.05) is 5.01 Å². The Morgan fingerprint density at radius 3 is 2.61 bits per heavy atom. The zero-order chi connectivity index (χ0) is 25.3. The van der Waals surface area contributed by atoms with Crippen molar-refractivity contribution in [1.29, 1.82) is 5.26 Å². The molecule has 4 aliphatic rings. The third-order valence-corrected chi connectivity index (χ3v) is 8.52. The second-order valence-electron chi connectivity index (χ2n) is 9.71. The van der Waals surface area contributed by atoms with Crippen molar-refractivity contribution in [2.24, 2.45) is 11.8 Å². The van der Waals surface area contributed by atoms with Gasteiger partial charge in [-0.3, -0.25) is 9.69 Å². The normalized spacial score (nSPS) is 32.8. The summed E-state index contributed by atoms with van der Waals surface area (Å²) in [6, 6.07) is 6.81. The number of thioether (sulfide) groups is 1. The molecule has 0 aliphatic carbocycles. The van der Waals surface area contributed by atoms with Crippen LogP contribution < -0.4 is 16.1 Å². The zero-order valence-corrected chi connectivity index (χ0v) is 20.7. The lowest BCUT2D eigenvalue weighted by atomic mass is 9.88. The van der Waals surface area contributed by atoms with E-state index < -0.39 is 24.3 Å². The number of carbonyl (C=O) groups is 1. The number of alkyl halides is 3. The van der Waals surface area contributed by atoms with Crippen LogP contribution in [0, 0.1) is 23.2 Å². The number of hydrazine groups is 1. The quantitative estimate of drug-likeness (QED) is 0.541. The highest BCUT2D eigenvalue weighted by atomic mass is 32.2. The molecule has 4 fully saturated rings. The average Bonchev–Trinajstić information content (AvgIpc) is 3.24. The van der Waals surface area contributed by atoms with E-state index in [0.29, 0.717) is 56.5 Å². The van der Waals surface area contributed by atoms with Gasteiger partial charge in [-0.15, -0.1) is 0 Å². The Bertz CT molecular complexity index is 968. The summed E-state index contributed by atoms with van der Waals surface area (Å²) in [5.41, 5.74) is 4.24. The van der Waals surface area contributed by atoms with Crippen molar-refractivity contribution in [3.63, 3.8) is 0 Å². The van der Waals surface area contributed by atoms with E-state index in [1.54, 1.807) is 23.9 Å². The molecule has 3 N–H and O–H groups in total. The van der Waals surface area contributed by atoms with Gasteiger partial charge in [0.25, 0.3) is 0 Å². The third kappa shape index (κ3) is 5.17. The Kier molecular flexibility index (Phi) is 7.65. The fourth-order valence-corrected chi connectivity index (χ4v) is 6.76. The fourth-order valence-electron chi connectivity index (χ4n) is 5.83.